The average Bonchev–Trinajstić information content (AvgIpc) is 2.45. The molecule has 0 aliphatic carbocycles. The number of aliphatic hydroxyl groups is 1. The van der Waals surface area contributed by atoms with Gasteiger partial charge < -0.3 is 20.1 Å². The van der Waals surface area contributed by atoms with Crippen molar-refractivity contribution in [2.75, 3.05) is 48.9 Å². The predicted octanol–water partition coefficient (Wildman–Crippen LogP) is 2.19. The van der Waals surface area contributed by atoms with Gasteiger partial charge in [-0.25, -0.2) is 0 Å². The van der Waals surface area contributed by atoms with Gasteiger partial charge in [-0.1, -0.05) is 11.6 Å². The van der Waals surface area contributed by atoms with Crippen LogP contribution in [0.1, 0.15) is 0 Å². The van der Waals surface area contributed by atoms with Crippen LogP contribution in [0.4, 0.5) is 11.4 Å². The third kappa shape index (κ3) is 4.14. The lowest BCUT2D eigenvalue weighted by molar-refractivity contribution is 0.123. The highest BCUT2D eigenvalue weighted by molar-refractivity contribution is 6.31. The van der Waals surface area contributed by atoms with Crippen LogP contribution in [0.5, 0.6) is 0 Å². The van der Waals surface area contributed by atoms with Crippen molar-refractivity contribution in [3.63, 3.8) is 0 Å². The fourth-order valence-electron chi connectivity index (χ4n) is 2.01. The van der Waals surface area contributed by atoms with E-state index >= 15 is 0 Å². The second-order valence-corrected chi connectivity index (χ2v) is 5.19. The van der Waals surface area contributed by atoms with E-state index in [-0.39, 0.29) is 5.88 Å². The molecular weight excluding hydrogens is 287 g/mol. The summed E-state index contributed by atoms with van der Waals surface area (Å²) < 4.78 is 5.35. The molecule has 1 atom stereocenters. The van der Waals surface area contributed by atoms with Crippen molar-refractivity contribution >= 4 is 34.6 Å². The molecule has 4 nitrogen and oxygen atoms in total. The van der Waals surface area contributed by atoms with Gasteiger partial charge in [0.1, 0.15) is 0 Å². The van der Waals surface area contributed by atoms with Gasteiger partial charge in [0.25, 0.3) is 0 Å². The summed E-state index contributed by atoms with van der Waals surface area (Å²) in [6.45, 7) is 3.57. The molecule has 1 unspecified atom stereocenters. The van der Waals surface area contributed by atoms with Gasteiger partial charge >= 0.3 is 0 Å². The van der Waals surface area contributed by atoms with Gasteiger partial charge in [0.2, 0.25) is 0 Å². The van der Waals surface area contributed by atoms with Gasteiger partial charge in [-0.3, -0.25) is 0 Å². The van der Waals surface area contributed by atoms with Gasteiger partial charge in [0.05, 0.1) is 36.6 Å². The van der Waals surface area contributed by atoms with Crippen LogP contribution in [0, 0.1) is 0 Å². The Morgan fingerprint density at radius 3 is 2.79 bits per heavy atom. The summed E-state index contributed by atoms with van der Waals surface area (Å²) in [6.07, 6.45) is -0.571. The summed E-state index contributed by atoms with van der Waals surface area (Å²) in [7, 11) is 0. The van der Waals surface area contributed by atoms with Crippen LogP contribution in [0.25, 0.3) is 0 Å². The highest BCUT2D eigenvalue weighted by Crippen LogP contribution is 2.29. The number of ether oxygens (including phenoxy) is 1. The SMILES string of the molecule is OC(CCl)CNc1cc(Cl)ccc1N1CCOCC1. The van der Waals surface area contributed by atoms with Gasteiger partial charge in [-0.05, 0) is 18.2 Å². The summed E-state index contributed by atoms with van der Waals surface area (Å²) >= 11 is 11.6. The van der Waals surface area contributed by atoms with E-state index in [9.17, 15) is 5.11 Å². The minimum Gasteiger partial charge on any atom is -0.390 e. The first-order valence-electron chi connectivity index (χ1n) is 6.31. The van der Waals surface area contributed by atoms with Gasteiger partial charge in [0, 0.05) is 24.7 Å². The van der Waals surface area contributed by atoms with Crippen LogP contribution < -0.4 is 10.2 Å². The van der Waals surface area contributed by atoms with Crippen molar-refractivity contribution < 1.29 is 9.84 Å². The number of nitrogens with zero attached hydrogens (tertiary/aromatic N) is 1. The summed E-state index contributed by atoms with van der Waals surface area (Å²) in [5, 5.41) is 13.4. The number of rotatable bonds is 5. The molecule has 1 heterocycles. The molecule has 1 aliphatic rings. The summed E-state index contributed by atoms with van der Waals surface area (Å²) in [6, 6.07) is 5.73. The third-order valence-corrected chi connectivity index (χ3v) is 3.61. The molecule has 1 aromatic rings. The number of hydrogen-bond donors (Lipinski definition) is 2. The Hall–Kier alpha value is -0.680. The molecule has 2 N–H and O–H groups in total. The topological polar surface area (TPSA) is 44.7 Å². The number of benzene rings is 1. The Kier molecular flexibility index (Phi) is 5.58. The van der Waals surface area contributed by atoms with Crippen molar-refractivity contribution in [3.05, 3.63) is 23.2 Å². The monoisotopic (exact) mass is 304 g/mol. The first-order chi connectivity index (χ1) is 9.20. The average molecular weight is 305 g/mol. The van der Waals surface area contributed by atoms with E-state index in [0.29, 0.717) is 11.6 Å². The van der Waals surface area contributed by atoms with Gasteiger partial charge in [-0.15, -0.1) is 11.6 Å². The number of anilines is 2. The zero-order chi connectivity index (χ0) is 13.7. The molecule has 1 fully saturated rings. The number of halogens is 2. The molecule has 106 valence electrons. The van der Waals surface area contributed by atoms with E-state index in [1.807, 2.05) is 18.2 Å². The Labute approximate surface area is 123 Å². The first kappa shape index (κ1) is 14.7. The maximum absolute atomic E-state index is 9.53. The number of morpholine rings is 1. The largest absolute Gasteiger partial charge is 0.390 e. The maximum Gasteiger partial charge on any atom is 0.0847 e. The van der Waals surface area contributed by atoms with Crippen molar-refractivity contribution in [2.45, 2.75) is 6.10 Å². The quantitative estimate of drug-likeness (QED) is 0.819. The third-order valence-electron chi connectivity index (χ3n) is 3.02. The van der Waals surface area contributed by atoms with Gasteiger partial charge in [-0.2, -0.15) is 0 Å². The summed E-state index contributed by atoms with van der Waals surface area (Å²) in [4.78, 5) is 2.25. The zero-order valence-corrected chi connectivity index (χ0v) is 12.1. The molecule has 1 saturated heterocycles. The number of alkyl halides is 1. The highest BCUT2D eigenvalue weighted by Gasteiger charge is 2.15. The van der Waals surface area contributed by atoms with Crippen LogP contribution in [-0.2, 0) is 4.74 Å². The second-order valence-electron chi connectivity index (χ2n) is 4.45. The smallest absolute Gasteiger partial charge is 0.0847 e. The molecule has 0 bridgehead atoms. The molecule has 0 saturated carbocycles. The molecule has 0 spiro atoms. The Bertz CT molecular complexity index is 412. The normalized spacial score (nSPS) is 17.3. The molecule has 0 amide bonds. The Morgan fingerprint density at radius 1 is 1.37 bits per heavy atom. The molecule has 6 heteroatoms. The van der Waals surface area contributed by atoms with Crippen molar-refractivity contribution in [3.8, 4) is 0 Å². The lowest BCUT2D eigenvalue weighted by Gasteiger charge is -2.31. The molecule has 0 radical (unpaired) electrons. The predicted molar refractivity (Wildman–Crippen MR) is 79.7 cm³/mol. The highest BCUT2D eigenvalue weighted by atomic mass is 35.5. The molecule has 19 heavy (non-hydrogen) atoms. The summed E-state index contributed by atoms with van der Waals surface area (Å²) in [5.74, 6) is 0.209. The standard InChI is InChI=1S/C13H18Cl2N2O2/c14-8-11(18)9-16-12-7-10(15)1-2-13(12)17-3-5-19-6-4-17/h1-2,7,11,16,18H,3-6,8-9H2. The maximum atomic E-state index is 9.53. The Morgan fingerprint density at radius 2 is 2.11 bits per heavy atom. The lowest BCUT2D eigenvalue weighted by Crippen LogP contribution is -2.36. The second kappa shape index (κ2) is 7.20. The van der Waals surface area contributed by atoms with Crippen molar-refractivity contribution in [1.82, 2.24) is 0 Å². The molecule has 0 aromatic heterocycles. The van der Waals surface area contributed by atoms with Crippen LogP contribution in [0.3, 0.4) is 0 Å². The van der Waals surface area contributed by atoms with E-state index in [1.165, 1.54) is 0 Å². The van der Waals surface area contributed by atoms with E-state index in [1.54, 1.807) is 0 Å². The van der Waals surface area contributed by atoms with Crippen LogP contribution in [0.2, 0.25) is 5.02 Å². The Balaban J connectivity index is 2.12. The fraction of sp³-hybridized carbons (Fsp3) is 0.538. The zero-order valence-electron chi connectivity index (χ0n) is 10.6. The van der Waals surface area contributed by atoms with Crippen LogP contribution in [0.15, 0.2) is 18.2 Å². The minimum atomic E-state index is -0.571. The first-order valence-corrected chi connectivity index (χ1v) is 7.22. The molecular formula is C13H18Cl2N2O2. The van der Waals surface area contributed by atoms with Gasteiger partial charge in [0.15, 0.2) is 0 Å². The van der Waals surface area contributed by atoms with E-state index in [0.717, 1.165) is 37.7 Å². The van der Waals surface area contributed by atoms with Crippen LogP contribution in [-0.4, -0.2) is 49.9 Å². The lowest BCUT2D eigenvalue weighted by atomic mass is 10.2. The van der Waals surface area contributed by atoms with E-state index in [4.69, 9.17) is 27.9 Å². The molecule has 1 aliphatic heterocycles. The molecule has 2 rings (SSSR count). The summed E-state index contributed by atoms with van der Waals surface area (Å²) in [5.41, 5.74) is 1.99. The number of hydrogen-bond acceptors (Lipinski definition) is 4. The van der Waals surface area contributed by atoms with Crippen molar-refractivity contribution in [2.24, 2.45) is 0 Å². The van der Waals surface area contributed by atoms with Crippen molar-refractivity contribution in [1.29, 1.82) is 0 Å². The van der Waals surface area contributed by atoms with Crippen LogP contribution >= 0.6 is 23.2 Å². The minimum absolute atomic E-state index is 0.209. The van der Waals surface area contributed by atoms with E-state index < -0.39 is 6.10 Å². The number of nitrogens with one attached hydrogen (secondary N) is 1. The molecule has 1 aromatic carbocycles. The van der Waals surface area contributed by atoms with E-state index in [2.05, 4.69) is 10.2 Å². The fourth-order valence-corrected chi connectivity index (χ4v) is 2.29. The number of aliphatic hydroxyl groups excluding tert-OH is 1.